The van der Waals surface area contributed by atoms with E-state index in [9.17, 15) is 4.79 Å². The summed E-state index contributed by atoms with van der Waals surface area (Å²) in [4.78, 5) is 18.2. The van der Waals surface area contributed by atoms with Gasteiger partial charge in [-0.05, 0) is 47.4 Å². The lowest BCUT2D eigenvalue weighted by atomic mass is 9.89. The van der Waals surface area contributed by atoms with Crippen molar-refractivity contribution >= 4 is 23.8 Å². The molecule has 1 amide bonds. The van der Waals surface area contributed by atoms with E-state index >= 15 is 0 Å². The van der Waals surface area contributed by atoms with Gasteiger partial charge >= 0.3 is 0 Å². The standard InChI is InChI=1S/C19H18N4O/c1-19(17(24)23(2)18(20)22-19)15-5-3-4-12(11-15)13-6-7-16-14(10-13)8-9-21-16/h3-7,9-11H,8H2,1-2H3,(H2,20,22). The number of aliphatic imine (C=N–C) groups is 1. The summed E-state index contributed by atoms with van der Waals surface area (Å²) in [5.41, 5.74) is 4.38. The Morgan fingerprint density at radius 2 is 2.00 bits per heavy atom. The SMILES string of the molecule is CN1C(=N)NC(C)(c2cccc(-c3ccc4c(c3)CC=N4)c2)C1=O. The fourth-order valence-corrected chi connectivity index (χ4v) is 3.31. The number of nitrogens with one attached hydrogen (secondary N) is 2. The summed E-state index contributed by atoms with van der Waals surface area (Å²) >= 11 is 0. The third-order valence-electron chi connectivity index (χ3n) is 4.83. The molecule has 1 unspecified atom stereocenters. The van der Waals surface area contributed by atoms with Gasteiger partial charge in [-0.25, -0.2) is 0 Å². The van der Waals surface area contributed by atoms with Gasteiger partial charge in [-0.3, -0.25) is 20.1 Å². The van der Waals surface area contributed by atoms with Crippen LogP contribution in [0.25, 0.3) is 11.1 Å². The fourth-order valence-electron chi connectivity index (χ4n) is 3.31. The van der Waals surface area contributed by atoms with Gasteiger partial charge in [-0.15, -0.1) is 0 Å². The van der Waals surface area contributed by atoms with Crippen molar-refractivity contribution in [2.75, 3.05) is 7.05 Å². The summed E-state index contributed by atoms with van der Waals surface area (Å²) in [6.07, 6.45) is 2.79. The molecule has 2 N–H and O–H groups in total. The number of hydrogen-bond donors (Lipinski definition) is 2. The first-order chi connectivity index (χ1) is 11.5. The summed E-state index contributed by atoms with van der Waals surface area (Å²) in [5, 5.41) is 10.9. The molecule has 1 saturated heterocycles. The van der Waals surface area contributed by atoms with Gasteiger partial charge < -0.3 is 5.32 Å². The predicted molar refractivity (Wildman–Crippen MR) is 94.7 cm³/mol. The number of fused-ring (bicyclic) bond motifs is 1. The third-order valence-corrected chi connectivity index (χ3v) is 4.83. The Labute approximate surface area is 140 Å². The number of benzene rings is 2. The molecule has 1 fully saturated rings. The lowest BCUT2D eigenvalue weighted by molar-refractivity contribution is -0.129. The number of hydrogen-bond acceptors (Lipinski definition) is 3. The van der Waals surface area contributed by atoms with E-state index in [4.69, 9.17) is 5.41 Å². The quantitative estimate of drug-likeness (QED) is 0.894. The fraction of sp³-hybridized carbons (Fsp3) is 0.211. The van der Waals surface area contributed by atoms with Gasteiger partial charge in [-0.2, -0.15) is 0 Å². The summed E-state index contributed by atoms with van der Waals surface area (Å²) in [5.74, 6) is 0.00888. The van der Waals surface area contributed by atoms with Crippen LogP contribution in [0.5, 0.6) is 0 Å². The van der Waals surface area contributed by atoms with Crippen molar-refractivity contribution in [3.63, 3.8) is 0 Å². The molecule has 2 heterocycles. The van der Waals surface area contributed by atoms with Crippen LogP contribution in [-0.2, 0) is 16.8 Å². The smallest absolute Gasteiger partial charge is 0.259 e. The minimum atomic E-state index is -0.901. The van der Waals surface area contributed by atoms with Gasteiger partial charge in [0.05, 0.1) is 5.69 Å². The van der Waals surface area contributed by atoms with Crippen molar-refractivity contribution < 1.29 is 4.79 Å². The highest BCUT2D eigenvalue weighted by Gasteiger charge is 2.45. The zero-order chi connectivity index (χ0) is 16.9. The van der Waals surface area contributed by atoms with Crippen molar-refractivity contribution in [2.24, 2.45) is 4.99 Å². The molecule has 5 nitrogen and oxygen atoms in total. The molecule has 2 aromatic carbocycles. The van der Waals surface area contributed by atoms with Crippen LogP contribution in [0.3, 0.4) is 0 Å². The first kappa shape index (κ1) is 14.6. The van der Waals surface area contributed by atoms with E-state index in [1.807, 2.05) is 43.5 Å². The first-order valence-electron chi connectivity index (χ1n) is 7.90. The summed E-state index contributed by atoms with van der Waals surface area (Å²) in [7, 11) is 1.62. The molecule has 0 bridgehead atoms. The number of nitrogens with zero attached hydrogens (tertiary/aromatic N) is 2. The number of guanidine groups is 1. The molecule has 0 spiro atoms. The molecule has 1 atom stereocenters. The van der Waals surface area contributed by atoms with Gasteiger partial charge in [0.15, 0.2) is 5.96 Å². The molecular formula is C19H18N4O. The molecule has 120 valence electrons. The second-order valence-corrected chi connectivity index (χ2v) is 6.40. The largest absolute Gasteiger partial charge is 0.338 e. The van der Waals surface area contributed by atoms with Gasteiger partial charge in [0, 0.05) is 19.7 Å². The Bertz CT molecular complexity index is 902. The second kappa shape index (κ2) is 5.03. The maximum Gasteiger partial charge on any atom is 0.259 e. The monoisotopic (exact) mass is 318 g/mol. The van der Waals surface area contributed by atoms with Crippen molar-refractivity contribution in [2.45, 2.75) is 18.9 Å². The Hall–Kier alpha value is -2.95. The maximum atomic E-state index is 12.5. The van der Waals surface area contributed by atoms with Crippen molar-refractivity contribution in [1.29, 1.82) is 5.41 Å². The van der Waals surface area contributed by atoms with Crippen LogP contribution in [-0.4, -0.2) is 30.0 Å². The Balaban J connectivity index is 1.75. The highest BCUT2D eigenvalue weighted by Crippen LogP contribution is 2.33. The molecule has 2 aromatic rings. The Kier molecular flexibility index (Phi) is 3.06. The van der Waals surface area contributed by atoms with Crippen molar-refractivity contribution in [3.8, 4) is 11.1 Å². The molecule has 4 rings (SSSR count). The zero-order valence-electron chi connectivity index (χ0n) is 13.6. The molecule has 0 radical (unpaired) electrons. The average Bonchev–Trinajstić information content (AvgIpc) is 3.14. The lowest BCUT2D eigenvalue weighted by Gasteiger charge is -2.22. The van der Waals surface area contributed by atoms with E-state index < -0.39 is 5.54 Å². The molecular weight excluding hydrogens is 300 g/mol. The van der Waals surface area contributed by atoms with Crippen molar-refractivity contribution in [3.05, 3.63) is 53.6 Å². The number of carbonyl (C=O) groups excluding carboxylic acids is 1. The van der Waals surface area contributed by atoms with Crippen LogP contribution < -0.4 is 5.32 Å². The third kappa shape index (κ3) is 2.05. The number of likely N-dealkylation sites (N-methyl/N-ethyl adjacent to an activating group) is 1. The number of amides is 1. The van der Waals surface area contributed by atoms with E-state index in [0.717, 1.165) is 28.8 Å². The van der Waals surface area contributed by atoms with Crippen molar-refractivity contribution in [1.82, 2.24) is 10.2 Å². The first-order valence-corrected chi connectivity index (χ1v) is 7.90. The highest BCUT2D eigenvalue weighted by atomic mass is 16.2. The maximum absolute atomic E-state index is 12.5. The van der Waals surface area contributed by atoms with E-state index in [0.29, 0.717) is 0 Å². The minimum absolute atomic E-state index is 0.119. The van der Waals surface area contributed by atoms with Gasteiger partial charge in [0.25, 0.3) is 5.91 Å². The van der Waals surface area contributed by atoms with Crippen LogP contribution in [0, 0.1) is 5.41 Å². The van der Waals surface area contributed by atoms with E-state index in [-0.39, 0.29) is 11.9 Å². The van der Waals surface area contributed by atoms with Crippen LogP contribution in [0.15, 0.2) is 47.5 Å². The van der Waals surface area contributed by atoms with Gasteiger partial charge in [0.2, 0.25) is 0 Å². The van der Waals surface area contributed by atoms with Gasteiger partial charge in [-0.1, -0.05) is 24.3 Å². The molecule has 24 heavy (non-hydrogen) atoms. The van der Waals surface area contributed by atoms with Crippen LogP contribution in [0.2, 0.25) is 0 Å². The number of carbonyl (C=O) groups is 1. The second-order valence-electron chi connectivity index (χ2n) is 6.40. The van der Waals surface area contributed by atoms with E-state index in [1.165, 1.54) is 10.5 Å². The Morgan fingerprint density at radius 1 is 1.21 bits per heavy atom. The molecule has 0 saturated carbocycles. The van der Waals surface area contributed by atoms with Crippen LogP contribution in [0.1, 0.15) is 18.1 Å². The van der Waals surface area contributed by atoms with Crippen LogP contribution in [0.4, 0.5) is 5.69 Å². The molecule has 0 aliphatic carbocycles. The molecule has 5 heteroatoms. The summed E-state index contributed by atoms with van der Waals surface area (Å²) in [6.45, 7) is 1.82. The van der Waals surface area contributed by atoms with E-state index in [1.54, 1.807) is 7.05 Å². The lowest BCUT2D eigenvalue weighted by Crippen LogP contribution is -2.40. The normalized spacial score (nSPS) is 22.0. The highest BCUT2D eigenvalue weighted by molar-refractivity contribution is 6.07. The zero-order valence-corrected chi connectivity index (χ0v) is 13.6. The molecule has 2 aliphatic rings. The van der Waals surface area contributed by atoms with E-state index in [2.05, 4.69) is 22.4 Å². The Morgan fingerprint density at radius 3 is 2.75 bits per heavy atom. The topological polar surface area (TPSA) is 68.6 Å². The average molecular weight is 318 g/mol. The van der Waals surface area contributed by atoms with Crippen LogP contribution >= 0.6 is 0 Å². The number of rotatable bonds is 2. The molecule has 0 aromatic heterocycles. The predicted octanol–water partition coefficient (Wildman–Crippen LogP) is 2.82. The summed E-state index contributed by atoms with van der Waals surface area (Å²) < 4.78 is 0. The summed E-state index contributed by atoms with van der Waals surface area (Å²) in [6, 6.07) is 14.2. The molecule has 2 aliphatic heterocycles. The minimum Gasteiger partial charge on any atom is -0.338 e. The van der Waals surface area contributed by atoms with Gasteiger partial charge in [0.1, 0.15) is 5.54 Å².